The van der Waals surface area contributed by atoms with E-state index in [0.29, 0.717) is 73.0 Å². The number of aromatic nitrogens is 2. The second kappa shape index (κ2) is 12.6. The van der Waals surface area contributed by atoms with Crippen LogP contribution in [0.2, 0.25) is 0 Å². The van der Waals surface area contributed by atoms with Crippen molar-refractivity contribution in [1.29, 1.82) is 0 Å². The van der Waals surface area contributed by atoms with Crippen LogP contribution in [0.3, 0.4) is 0 Å². The van der Waals surface area contributed by atoms with Gasteiger partial charge in [0.2, 0.25) is 5.91 Å². The molecule has 0 saturated heterocycles. The highest BCUT2D eigenvalue weighted by Crippen LogP contribution is 2.37. The van der Waals surface area contributed by atoms with Crippen molar-refractivity contribution in [3.05, 3.63) is 81.8 Å². The van der Waals surface area contributed by atoms with E-state index in [0.717, 1.165) is 24.1 Å². The van der Waals surface area contributed by atoms with Gasteiger partial charge in [0.25, 0.3) is 5.56 Å². The lowest BCUT2D eigenvalue weighted by atomic mass is 10.0. The van der Waals surface area contributed by atoms with Gasteiger partial charge in [0.15, 0.2) is 5.16 Å². The van der Waals surface area contributed by atoms with Crippen LogP contribution in [0.15, 0.2) is 64.5 Å². The minimum Gasteiger partial charge on any atom is -0.397 e. The van der Waals surface area contributed by atoms with Gasteiger partial charge >= 0.3 is 0 Å². The van der Waals surface area contributed by atoms with Crippen molar-refractivity contribution < 1.29 is 9.53 Å². The van der Waals surface area contributed by atoms with Crippen LogP contribution in [0.25, 0.3) is 5.69 Å². The molecule has 9 heteroatoms. The van der Waals surface area contributed by atoms with E-state index in [-0.39, 0.29) is 18.0 Å². The minimum absolute atomic E-state index is 0.0337. The Labute approximate surface area is 227 Å². The zero-order valence-corrected chi connectivity index (χ0v) is 22.4. The summed E-state index contributed by atoms with van der Waals surface area (Å²) in [6, 6.07) is 17.5. The fourth-order valence-corrected chi connectivity index (χ4v) is 5.99. The highest BCUT2D eigenvalue weighted by molar-refractivity contribution is 7.99. The van der Waals surface area contributed by atoms with Crippen molar-refractivity contribution in [3.8, 4) is 5.69 Å². The zero-order valence-electron chi connectivity index (χ0n) is 21.6. The summed E-state index contributed by atoms with van der Waals surface area (Å²) in [5, 5.41) is 4.46. The van der Waals surface area contributed by atoms with Crippen LogP contribution >= 0.6 is 11.8 Å². The van der Waals surface area contributed by atoms with Crippen LogP contribution in [0.1, 0.15) is 42.5 Å². The lowest BCUT2D eigenvalue weighted by molar-refractivity contribution is -0.132. The lowest BCUT2D eigenvalue weighted by Gasteiger charge is -2.30. The van der Waals surface area contributed by atoms with E-state index >= 15 is 0 Å². The Balaban J connectivity index is 1.19. The third-order valence-corrected chi connectivity index (χ3v) is 8.39. The molecule has 0 bridgehead atoms. The zero-order chi connectivity index (χ0) is 26.3. The van der Waals surface area contributed by atoms with Crippen LogP contribution in [-0.4, -0.2) is 51.8 Å². The number of hydrogen-bond acceptors (Lipinski definition) is 7. The number of amides is 1. The van der Waals surface area contributed by atoms with E-state index in [2.05, 4.69) is 5.32 Å². The molecule has 1 fully saturated rings. The Morgan fingerprint density at radius 2 is 1.89 bits per heavy atom. The van der Waals surface area contributed by atoms with Crippen molar-refractivity contribution in [2.75, 3.05) is 32.0 Å². The number of fused-ring (bicyclic) bond motifs is 1. The Bertz CT molecular complexity index is 1310. The molecule has 0 radical (unpaired) electrons. The average Bonchev–Trinajstić information content (AvgIpc) is 2.91. The molecule has 1 saturated carbocycles. The van der Waals surface area contributed by atoms with Crippen LogP contribution in [-0.2, 0) is 29.1 Å². The molecule has 3 N–H and O–H groups in total. The predicted octanol–water partition coefficient (Wildman–Crippen LogP) is 3.54. The molecular formula is C29H35N5O3S. The number of hydrogen-bond donors (Lipinski definition) is 2. The molecule has 38 heavy (non-hydrogen) atoms. The molecule has 1 aromatic heterocycles. The maximum absolute atomic E-state index is 13.8. The summed E-state index contributed by atoms with van der Waals surface area (Å²) >= 11 is 1.67. The molecule has 2 heterocycles. The van der Waals surface area contributed by atoms with Crippen molar-refractivity contribution in [2.24, 2.45) is 0 Å². The maximum atomic E-state index is 13.8. The normalized spacial score (nSPS) is 15.2. The predicted molar refractivity (Wildman–Crippen MR) is 150 cm³/mol. The Morgan fingerprint density at radius 3 is 2.66 bits per heavy atom. The summed E-state index contributed by atoms with van der Waals surface area (Å²) in [4.78, 5) is 33.5. The highest BCUT2D eigenvalue weighted by atomic mass is 32.2. The second-order valence-electron chi connectivity index (χ2n) is 9.79. The molecule has 5 rings (SSSR count). The molecule has 200 valence electrons. The van der Waals surface area contributed by atoms with Crippen LogP contribution < -0.4 is 16.6 Å². The van der Waals surface area contributed by atoms with E-state index < -0.39 is 0 Å². The van der Waals surface area contributed by atoms with Gasteiger partial charge in [-0.05, 0) is 30.5 Å². The quantitative estimate of drug-likeness (QED) is 0.221. The second-order valence-corrected chi connectivity index (χ2v) is 11.1. The number of rotatable bonds is 11. The molecule has 0 atom stereocenters. The first-order valence-electron chi connectivity index (χ1n) is 13.4. The highest BCUT2D eigenvalue weighted by Gasteiger charge is 2.29. The van der Waals surface area contributed by atoms with Gasteiger partial charge in [-0.15, -0.1) is 0 Å². The van der Waals surface area contributed by atoms with Crippen molar-refractivity contribution in [2.45, 2.75) is 55.7 Å². The summed E-state index contributed by atoms with van der Waals surface area (Å²) in [7, 11) is 0. The number of carbonyl (C=O) groups excluding carboxylic acids is 1. The fraction of sp³-hybridized carbons (Fsp3) is 0.414. The SMILES string of the molecule is Nc1ccccc1-n1c(SC2CCC2)nc2c(c1=O)CN(C(=O)CCNCCOCc1ccccc1)CC2. The molecule has 0 spiro atoms. The molecule has 2 aromatic carbocycles. The maximum Gasteiger partial charge on any atom is 0.264 e. The monoisotopic (exact) mass is 533 g/mol. The lowest BCUT2D eigenvalue weighted by Crippen LogP contribution is -2.42. The average molecular weight is 534 g/mol. The number of ether oxygens (including phenoxy) is 1. The van der Waals surface area contributed by atoms with Crippen LogP contribution in [0.5, 0.6) is 0 Å². The molecule has 1 amide bonds. The molecule has 2 aliphatic rings. The van der Waals surface area contributed by atoms with Gasteiger partial charge < -0.3 is 20.7 Å². The first-order valence-corrected chi connectivity index (χ1v) is 14.2. The van der Waals surface area contributed by atoms with Crippen LogP contribution in [0.4, 0.5) is 5.69 Å². The molecule has 3 aromatic rings. The third-order valence-electron chi connectivity index (χ3n) is 7.10. The molecule has 1 aliphatic carbocycles. The van der Waals surface area contributed by atoms with Crippen molar-refractivity contribution >= 4 is 23.4 Å². The number of nitrogens with two attached hydrogens (primary N) is 1. The van der Waals surface area contributed by atoms with E-state index in [1.165, 1.54) is 6.42 Å². The fourth-order valence-electron chi connectivity index (χ4n) is 4.67. The Kier molecular flexibility index (Phi) is 8.78. The summed E-state index contributed by atoms with van der Waals surface area (Å²) in [5.41, 5.74) is 9.87. The topological polar surface area (TPSA) is 102 Å². The van der Waals surface area contributed by atoms with Crippen LogP contribution in [0, 0.1) is 0 Å². The van der Waals surface area contributed by atoms with Gasteiger partial charge in [-0.25, -0.2) is 4.98 Å². The molecular weight excluding hydrogens is 498 g/mol. The van der Waals surface area contributed by atoms with Gasteiger partial charge in [-0.3, -0.25) is 14.2 Å². The summed E-state index contributed by atoms with van der Waals surface area (Å²) in [6.45, 7) is 3.25. The van der Waals surface area contributed by atoms with Gasteiger partial charge in [-0.1, -0.05) is 60.6 Å². The van der Waals surface area contributed by atoms with Crippen molar-refractivity contribution in [1.82, 2.24) is 19.8 Å². The standard InChI is InChI=1S/C29H35N5O3S/c30-24-11-4-5-12-26(24)34-28(36)23-19-33(17-14-25(23)32-29(34)38-22-9-6-10-22)27(35)13-15-31-16-18-37-20-21-7-2-1-3-8-21/h1-5,7-8,11-12,22,31H,6,9-10,13-20,30H2. The number of nitrogen functional groups attached to an aromatic ring is 1. The van der Waals surface area contributed by atoms with E-state index in [1.807, 2.05) is 48.5 Å². The molecule has 8 nitrogen and oxygen atoms in total. The summed E-state index contributed by atoms with van der Waals surface area (Å²) < 4.78 is 7.34. The first kappa shape index (κ1) is 26.5. The molecule has 0 unspecified atom stereocenters. The van der Waals surface area contributed by atoms with Gasteiger partial charge in [-0.2, -0.15) is 0 Å². The minimum atomic E-state index is -0.124. The van der Waals surface area contributed by atoms with E-state index in [4.69, 9.17) is 15.5 Å². The number of carbonyl (C=O) groups is 1. The van der Waals surface area contributed by atoms with Crippen molar-refractivity contribution in [3.63, 3.8) is 0 Å². The summed E-state index contributed by atoms with van der Waals surface area (Å²) in [5.74, 6) is 0.0337. The van der Waals surface area contributed by atoms with Gasteiger partial charge in [0.1, 0.15) is 0 Å². The number of para-hydroxylation sites is 2. The van der Waals surface area contributed by atoms with E-state index in [1.54, 1.807) is 27.3 Å². The summed E-state index contributed by atoms with van der Waals surface area (Å²) in [6.07, 6.45) is 4.44. The third kappa shape index (κ3) is 6.28. The van der Waals surface area contributed by atoms with E-state index in [9.17, 15) is 9.59 Å². The number of benzene rings is 2. The smallest absolute Gasteiger partial charge is 0.264 e. The molecule has 1 aliphatic heterocycles. The first-order chi connectivity index (χ1) is 18.6. The number of anilines is 1. The Morgan fingerprint density at radius 1 is 1.11 bits per heavy atom. The van der Waals surface area contributed by atoms with Gasteiger partial charge in [0, 0.05) is 37.7 Å². The number of nitrogens with one attached hydrogen (secondary N) is 1. The Hall–Kier alpha value is -3.14. The number of thioether (sulfide) groups is 1. The largest absolute Gasteiger partial charge is 0.397 e. The van der Waals surface area contributed by atoms with Gasteiger partial charge in [0.05, 0.1) is 42.4 Å². The number of nitrogens with zero attached hydrogens (tertiary/aromatic N) is 3.